The first kappa shape index (κ1) is 15.4. The zero-order chi connectivity index (χ0) is 13.2. The van der Waals surface area contributed by atoms with Gasteiger partial charge in [0, 0.05) is 19.0 Å². The summed E-state index contributed by atoms with van der Waals surface area (Å²) in [6.07, 6.45) is 9.56. The van der Waals surface area contributed by atoms with Crippen LogP contribution in [0.5, 0.6) is 0 Å². The molecular formula is C14H27NO3. The number of nitrogens with zero attached hydrogens (tertiary/aromatic N) is 1. The Morgan fingerprint density at radius 1 is 1.06 bits per heavy atom. The molecule has 0 aromatic rings. The van der Waals surface area contributed by atoms with Gasteiger partial charge in [-0.1, -0.05) is 25.7 Å². The number of unbranched alkanes of at least 4 members (excludes halogenated alkanes) is 2. The monoisotopic (exact) mass is 257 g/mol. The van der Waals surface area contributed by atoms with Crippen molar-refractivity contribution in [1.82, 2.24) is 4.90 Å². The Kier molecular flexibility index (Phi) is 8.01. The van der Waals surface area contributed by atoms with E-state index in [0.717, 1.165) is 32.4 Å². The van der Waals surface area contributed by atoms with Crippen molar-refractivity contribution in [3.05, 3.63) is 0 Å². The summed E-state index contributed by atoms with van der Waals surface area (Å²) in [4.78, 5) is 12.8. The second-order valence-electron chi connectivity index (χ2n) is 5.26. The number of aliphatic hydroxyl groups is 1. The molecule has 0 aromatic carbocycles. The molecule has 1 aliphatic rings. The Morgan fingerprint density at radius 3 is 2.39 bits per heavy atom. The topological polar surface area (TPSA) is 60.8 Å². The van der Waals surface area contributed by atoms with Gasteiger partial charge in [0.2, 0.25) is 0 Å². The second-order valence-corrected chi connectivity index (χ2v) is 5.26. The molecule has 18 heavy (non-hydrogen) atoms. The van der Waals surface area contributed by atoms with Gasteiger partial charge in [-0.05, 0) is 32.2 Å². The largest absolute Gasteiger partial charge is 0.481 e. The van der Waals surface area contributed by atoms with Crippen LogP contribution in [0.2, 0.25) is 0 Å². The fourth-order valence-corrected chi connectivity index (χ4v) is 2.82. The predicted molar refractivity (Wildman–Crippen MR) is 71.6 cm³/mol. The summed E-state index contributed by atoms with van der Waals surface area (Å²) >= 11 is 0. The van der Waals surface area contributed by atoms with Crippen LogP contribution in [0.15, 0.2) is 0 Å². The molecule has 4 nitrogen and oxygen atoms in total. The lowest BCUT2D eigenvalue weighted by molar-refractivity contribution is -0.137. The van der Waals surface area contributed by atoms with Gasteiger partial charge in [0.1, 0.15) is 0 Å². The summed E-state index contributed by atoms with van der Waals surface area (Å²) in [7, 11) is 0. The van der Waals surface area contributed by atoms with Crippen molar-refractivity contribution >= 4 is 5.97 Å². The normalized spacial score (nSPS) is 17.2. The highest BCUT2D eigenvalue weighted by molar-refractivity contribution is 5.66. The zero-order valence-corrected chi connectivity index (χ0v) is 11.3. The number of aliphatic carboxylic acids is 1. The standard InChI is InChI=1S/C14H27NO3/c16-12-11-15(13-7-3-1-4-8-13)10-6-2-5-9-14(17)18/h13,16H,1-12H2,(H,17,18). The van der Waals surface area contributed by atoms with Crippen LogP contribution in [0.3, 0.4) is 0 Å². The Balaban J connectivity index is 2.18. The fraction of sp³-hybridized carbons (Fsp3) is 0.929. The minimum atomic E-state index is -0.700. The Morgan fingerprint density at radius 2 is 1.78 bits per heavy atom. The minimum Gasteiger partial charge on any atom is -0.481 e. The summed E-state index contributed by atoms with van der Waals surface area (Å²) in [6, 6.07) is 0.644. The first-order valence-electron chi connectivity index (χ1n) is 7.30. The average Bonchev–Trinajstić information content (AvgIpc) is 2.38. The number of carboxylic acids is 1. The number of hydrogen-bond donors (Lipinski definition) is 2. The molecule has 0 spiro atoms. The van der Waals surface area contributed by atoms with Crippen molar-refractivity contribution < 1.29 is 15.0 Å². The van der Waals surface area contributed by atoms with E-state index in [4.69, 9.17) is 10.2 Å². The molecule has 0 heterocycles. The van der Waals surface area contributed by atoms with E-state index in [9.17, 15) is 4.79 Å². The molecule has 0 unspecified atom stereocenters. The molecule has 0 amide bonds. The van der Waals surface area contributed by atoms with Crippen molar-refractivity contribution in [2.75, 3.05) is 19.7 Å². The van der Waals surface area contributed by atoms with Crippen molar-refractivity contribution in [2.45, 2.75) is 63.8 Å². The quantitative estimate of drug-likeness (QED) is 0.622. The van der Waals surface area contributed by atoms with E-state index < -0.39 is 5.97 Å². The first-order valence-corrected chi connectivity index (χ1v) is 7.30. The highest BCUT2D eigenvalue weighted by atomic mass is 16.4. The minimum absolute atomic E-state index is 0.228. The molecule has 1 aliphatic carbocycles. The SMILES string of the molecule is O=C(O)CCCCCN(CCO)C1CCCCC1. The van der Waals surface area contributed by atoms with Crippen molar-refractivity contribution in [3.63, 3.8) is 0 Å². The lowest BCUT2D eigenvalue weighted by atomic mass is 9.94. The fourth-order valence-electron chi connectivity index (χ4n) is 2.82. The van der Waals surface area contributed by atoms with Gasteiger partial charge in [0.05, 0.1) is 6.61 Å². The lowest BCUT2D eigenvalue weighted by Gasteiger charge is -2.34. The van der Waals surface area contributed by atoms with Crippen LogP contribution in [0.4, 0.5) is 0 Å². The molecule has 2 N–H and O–H groups in total. The summed E-state index contributed by atoms with van der Waals surface area (Å²) in [5.74, 6) is -0.700. The molecule has 106 valence electrons. The number of rotatable bonds is 9. The Hall–Kier alpha value is -0.610. The van der Waals surface area contributed by atoms with E-state index in [1.807, 2.05) is 0 Å². The maximum atomic E-state index is 10.4. The number of carbonyl (C=O) groups is 1. The molecular weight excluding hydrogens is 230 g/mol. The van der Waals surface area contributed by atoms with Gasteiger partial charge in [0.15, 0.2) is 0 Å². The zero-order valence-electron chi connectivity index (χ0n) is 11.3. The molecule has 1 fully saturated rings. The van der Waals surface area contributed by atoms with Gasteiger partial charge in [-0.2, -0.15) is 0 Å². The third kappa shape index (κ3) is 6.36. The average molecular weight is 257 g/mol. The Labute approximate surface area is 110 Å². The number of hydrogen-bond acceptors (Lipinski definition) is 3. The third-order valence-electron chi connectivity index (χ3n) is 3.81. The van der Waals surface area contributed by atoms with Gasteiger partial charge in [-0.25, -0.2) is 0 Å². The van der Waals surface area contributed by atoms with Crippen molar-refractivity contribution in [1.29, 1.82) is 0 Å². The van der Waals surface area contributed by atoms with E-state index >= 15 is 0 Å². The molecule has 0 bridgehead atoms. The maximum absolute atomic E-state index is 10.4. The Bertz CT molecular complexity index is 227. The van der Waals surface area contributed by atoms with Crippen LogP contribution < -0.4 is 0 Å². The van der Waals surface area contributed by atoms with Crippen LogP contribution >= 0.6 is 0 Å². The third-order valence-corrected chi connectivity index (χ3v) is 3.81. The van der Waals surface area contributed by atoms with Crippen LogP contribution in [-0.4, -0.2) is 46.8 Å². The van der Waals surface area contributed by atoms with Gasteiger partial charge < -0.3 is 10.2 Å². The number of aliphatic hydroxyl groups excluding tert-OH is 1. The van der Waals surface area contributed by atoms with E-state index in [0.29, 0.717) is 6.04 Å². The first-order chi connectivity index (χ1) is 8.74. The summed E-state index contributed by atoms with van der Waals surface area (Å²) < 4.78 is 0. The van der Waals surface area contributed by atoms with E-state index in [2.05, 4.69) is 4.90 Å². The van der Waals surface area contributed by atoms with Gasteiger partial charge in [-0.15, -0.1) is 0 Å². The molecule has 1 saturated carbocycles. The molecule has 0 radical (unpaired) electrons. The second kappa shape index (κ2) is 9.34. The van der Waals surface area contributed by atoms with Crippen LogP contribution in [-0.2, 0) is 4.79 Å². The van der Waals surface area contributed by atoms with Crippen LogP contribution in [0.1, 0.15) is 57.8 Å². The van der Waals surface area contributed by atoms with Crippen molar-refractivity contribution in [3.8, 4) is 0 Å². The maximum Gasteiger partial charge on any atom is 0.303 e. The molecule has 1 rings (SSSR count). The lowest BCUT2D eigenvalue weighted by Crippen LogP contribution is -2.39. The van der Waals surface area contributed by atoms with Gasteiger partial charge in [-0.3, -0.25) is 9.69 Å². The molecule has 0 aliphatic heterocycles. The van der Waals surface area contributed by atoms with Gasteiger partial charge in [0.25, 0.3) is 0 Å². The smallest absolute Gasteiger partial charge is 0.303 e. The molecule has 4 heteroatoms. The highest BCUT2D eigenvalue weighted by Gasteiger charge is 2.19. The van der Waals surface area contributed by atoms with Crippen LogP contribution in [0, 0.1) is 0 Å². The van der Waals surface area contributed by atoms with E-state index in [-0.39, 0.29) is 13.0 Å². The number of carboxylic acid groups (broad SMARTS) is 1. The van der Waals surface area contributed by atoms with Gasteiger partial charge >= 0.3 is 5.97 Å². The predicted octanol–water partition coefficient (Wildman–Crippen LogP) is 2.26. The summed E-state index contributed by atoms with van der Waals surface area (Å²) in [6.45, 7) is 2.00. The summed E-state index contributed by atoms with van der Waals surface area (Å²) in [5.41, 5.74) is 0. The van der Waals surface area contributed by atoms with E-state index in [1.54, 1.807) is 0 Å². The molecule has 0 aromatic heterocycles. The highest BCUT2D eigenvalue weighted by Crippen LogP contribution is 2.22. The van der Waals surface area contributed by atoms with E-state index in [1.165, 1.54) is 32.1 Å². The molecule has 0 atom stereocenters. The van der Waals surface area contributed by atoms with Crippen molar-refractivity contribution in [2.24, 2.45) is 0 Å². The van der Waals surface area contributed by atoms with Crippen LogP contribution in [0.25, 0.3) is 0 Å². The molecule has 0 saturated heterocycles. The summed E-state index contributed by atoms with van der Waals surface area (Å²) in [5, 5.41) is 17.7.